The van der Waals surface area contributed by atoms with E-state index >= 15 is 0 Å². The number of halogens is 1. The van der Waals surface area contributed by atoms with Crippen molar-refractivity contribution in [1.29, 1.82) is 0 Å². The molecule has 0 aliphatic heterocycles. The molecule has 0 bridgehead atoms. The molecule has 1 aliphatic carbocycles. The molecule has 108 valence electrons. The molecule has 2 rings (SSSR count). The molecule has 1 atom stereocenters. The van der Waals surface area contributed by atoms with Crippen LogP contribution in [0.5, 0.6) is 0 Å². The lowest BCUT2D eigenvalue weighted by molar-refractivity contribution is 0.218. The van der Waals surface area contributed by atoms with Crippen molar-refractivity contribution in [2.45, 2.75) is 57.9 Å². The molecule has 1 heterocycles. The molecule has 0 saturated heterocycles. The molecule has 1 nitrogen and oxygen atoms in total. The number of nitrogens with one attached hydrogen (secondary N) is 1. The van der Waals surface area contributed by atoms with Gasteiger partial charge < -0.3 is 5.32 Å². The largest absolute Gasteiger partial charge is 0.316 e. The molecule has 0 amide bonds. The van der Waals surface area contributed by atoms with Gasteiger partial charge in [0.15, 0.2) is 0 Å². The van der Waals surface area contributed by atoms with Crippen LogP contribution in [-0.2, 0) is 6.42 Å². The summed E-state index contributed by atoms with van der Waals surface area (Å²) in [6.45, 7) is 2.31. The van der Waals surface area contributed by atoms with E-state index in [1.807, 2.05) is 6.07 Å². The fourth-order valence-corrected chi connectivity index (χ4v) is 4.62. The highest BCUT2D eigenvalue weighted by Gasteiger charge is 2.26. The van der Waals surface area contributed by atoms with Crippen molar-refractivity contribution >= 4 is 22.9 Å². The van der Waals surface area contributed by atoms with E-state index in [9.17, 15) is 0 Å². The first-order chi connectivity index (χ1) is 9.22. The first kappa shape index (κ1) is 15.3. The summed E-state index contributed by atoms with van der Waals surface area (Å²) >= 11 is 7.75. The minimum Gasteiger partial charge on any atom is -0.316 e. The smallest absolute Gasteiger partial charge is 0.0931 e. The lowest BCUT2D eigenvalue weighted by Gasteiger charge is -2.33. The van der Waals surface area contributed by atoms with Gasteiger partial charge in [-0.2, -0.15) is 0 Å². The maximum atomic E-state index is 6.02. The number of rotatable bonds is 6. The maximum absolute atomic E-state index is 6.02. The van der Waals surface area contributed by atoms with E-state index in [0.717, 1.165) is 22.6 Å². The van der Waals surface area contributed by atoms with Gasteiger partial charge in [0, 0.05) is 10.9 Å². The van der Waals surface area contributed by atoms with Gasteiger partial charge in [-0.05, 0) is 50.3 Å². The second-order valence-electron chi connectivity index (χ2n) is 5.87. The molecule has 1 aromatic rings. The second kappa shape index (κ2) is 7.66. The molecule has 1 aromatic heterocycles. The Morgan fingerprint density at radius 2 is 2.05 bits per heavy atom. The van der Waals surface area contributed by atoms with Crippen LogP contribution in [0.25, 0.3) is 0 Å². The molecule has 0 radical (unpaired) electrons. The Labute approximate surface area is 126 Å². The fourth-order valence-electron chi connectivity index (χ4n) is 3.47. The van der Waals surface area contributed by atoms with Crippen molar-refractivity contribution in [3.63, 3.8) is 0 Å². The van der Waals surface area contributed by atoms with Gasteiger partial charge in [0.2, 0.25) is 0 Å². The third-order valence-electron chi connectivity index (χ3n) is 4.58. The van der Waals surface area contributed by atoms with Gasteiger partial charge in [0.25, 0.3) is 0 Å². The average Bonchev–Trinajstić information content (AvgIpc) is 2.83. The normalized spacial score (nSPS) is 25.4. The highest BCUT2D eigenvalue weighted by atomic mass is 35.5. The summed E-state index contributed by atoms with van der Waals surface area (Å²) in [4.78, 5) is 1.42. The van der Waals surface area contributed by atoms with Crippen molar-refractivity contribution in [2.75, 3.05) is 7.05 Å². The predicted octanol–water partition coefficient (Wildman–Crippen LogP) is 5.14. The Hall–Kier alpha value is -0.0500. The van der Waals surface area contributed by atoms with Gasteiger partial charge in [0.1, 0.15) is 0 Å². The van der Waals surface area contributed by atoms with Crippen molar-refractivity contribution in [1.82, 2.24) is 5.32 Å². The van der Waals surface area contributed by atoms with Crippen LogP contribution in [0, 0.1) is 11.8 Å². The second-order valence-corrected chi connectivity index (χ2v) is 7.67. The lowest BCUT2D eigenvalue weighted by atomic mass is 9.76. The third kappa shape index (κ3) is 4.47. The molecule has 1 fully saturated rings. The van der Waals surface area contributed by atoms with Crippen LogP contribution < -0.4 is 5.32 Å². The van der Waals surface area contributed by atoms with Crippen LogP contribution >= 0.6 is 22.9 Å². The summed E-state index contributed by atoms with van der Waals surface area (Å²) in [5.41, 5.74) is 0. The fraction of sp³-hybridized carbons (Fsp3) is 0.750. The number of thiophene rings is 1. The standard InChI is InChI=1S/C16H26ClNS/c1-3-4-12-5-7-13(8-6-12)15(18-2)11-14-9-10-16(17)19-14/h9-10,12-13,15,18H,3-8,11H2,1-2H3. The summed E-state index contributed by atoms with van der Waals surface area (Å²) in [5.74, 6) is 1.84. The van der Waals surface area contributed by atoms with Gasteiger partial charge in [0.05, 0.1) is 4.34 Å². The van der Waals surface area contributed by atoms with Gasteiger partial charge in [-0.1, -0.05) is 44.2 Å². The van der Waals surface area contributed by atoms with Crippen molar-refractivity contribution < 1.29 is 0 Å². The molecule has 3 heteroatoms. The summed E-state index contributed by atoms with van der Waals surface area (Å²) in [6.07, 6.45) is 9.57. The summed E-state index contributed by atoms with van der Waals surface area (Å²) in [7, 11) is 2.11. The summed E-state index contributed by atoms with van der Waals surface area (Å²) in [5, 5.41) is 3.54. The van der Waals surface area contributed by atoms with Crippen LogP contribution in [0.15, 0.2) is 12.1 Å². The van der Waals surface area contributed by atoms with Crippen LogP contribution in [0.1, 0.15) is 50.3 Å². The van der Waals surface area contributed by atoms with E-state index in [4.69, 9.17) is 11.6 Å². The highest BCUT2D eigenvalue weighted by molar-refractivity contribution is 7.16. The summed E-state index contributed by atoms with van der Waals surface area (Å²) in [6, 6.07) is 4.82. The number of likely N-dealkylation sites (N-methyl/N-ethyl adjacent to an activating group) is 1. The zero-order valence-corrected chi connectivity index (χ0v) is 13.7. The quantitative estimate of drug-likeness (QED) is 0.767. The van der Waals surface area contributed by atoms with Crippen LogP contribution in [0.2, 0.25) is 4.34 Å². The lowest BCUT2D eigenvalue weighted by Crippen LogP contribution is -2.37. The molecule has 19 heavy (non-hydrogen) atoms. The van der Waals surface area contributed by atoms with E-state index in [1.54, 1.807) is 11.3 Å². The van der Waals surface area contributed by atoms with Gasteiger partial charge >= 0.3 is 0 Å². The molecule has 0 aromatic carbocycles. The van der Waals surface area contributed by atoms with Gasteiger partial charge in [-0.25, -0.2) is 0 Å². The Kier molecular flexibility index (Phi) is 6.18. The minimum atomic E-state index is 0.622. The number of hydrogen-bond donors (Lipinski definition) is 1. The highest BCUT2D eigenvalue weighted by Crippen LogP contribution is 2.34. The van der Waals surface area contributed by atoms with E-state index in [1.165, 1.54) is 43.4 Å². The van der Waals surface area contributed by atoms with Crippen LogP contribution in [0.3, 0.4) is 0 Å². The Bertz CT molecular complexity index is 369. The molecule has 1 aliphatic rings. The monoisotopic (exact) mass is 299 g/mol. The molecular formula is C16H26ClNS. The Morgan fingerprint density at radius 3 is 2.58 bits per heavy atom. The molecule has 0 spiro atoms. The zero-order chi connectivity index (χ0) is 13.7. The van der Waals surface area contributed by atoms with Gasteiger partial charge in [-0.15, -0.1) is 11.3 Å². The van der Waals surface area contributed by atoms with Crippen molar-refractivity contribution in [3.8, 4) is 0 Å². The Morgan fingerprint density at radius 1 is 1.32 bits per heavy atom. The van der Waals surface area contributed by atoms with E-state index < -0.39 is 0 Å². The third-order valence-corrected chi connectivity index (χ3v) is 5.83. The molecule has 1 unspecified atom stereocenters. The van der Waals surface area contributed by atoms with Gasteiger partial charge in [-0.3, -0.25) is 0 Å². The predicted molar refractivity (Wildman–Crippen MR) is 86.2 cm³/mol. The SMILES string of the molecule is CCCC1CCC(C(Cc2ccc(Cl)s2)NC)CC1. The van der Waals surface area contributed by atoms with Crippen molar-refractivity contribution in [3.05, 3.63) is 21.3 Å². The van der Waals surface area contributed by atoms with E-state index in [0.29, 0.717) is 6.04 Å². The van der Waals surface area contributed by atoms with Crippen molar-refractivity contribution in [2.24, 2.45) is 11.8 Å². The maximum Gasteiger partial charge on any atom is 0.0931 e. The molecule has 1 saturated carbocycles. The minimum absolute atomic E-state index is 0.622. The molecule has 1 N–H and O–H groups in total. The first-order valence-corrected chi connectivity index (χ1v) is 8.83. The first-order valence-electron chi connectivity index (χ1n) is 7.64. The summed E-state index contributed by atoms with van der Waals surface area (Å²) < 4.78 is 0.913. The van der Waals surface area contributed by atoms with Crippen LogP contribution in [0.4, 0.5) is 0 Å². The number of hydrogen-bond acceptors (Lipinski definition) is 2. The topological polar surface area (TPSA) is 12.0 Å². The average molecular weight is 300 g/mol. The Balaban J connectivity index is 1.85. The van der Waals surface area contributed by atoms with E-state index in [-0.39, 0.29) is 0 Å². The zero-order valence-electron chi connectivity index (χ0n) is 12.1. The van der Waals surface area contributed by atoms with E-state index in [2.05, 4.69) is 25.4 Å². The van der Waals surface area contributed by atoms with Crippen LogP contribution in [-0.4, -0.2) is 13.1 Å². The molecular weight excluding hydrogens is 274 g/mol.